The second-order valence-corrected chi connectivity index (χ2v) is 8.93. The van der Waals surface area contributed by atoms with Crippen LogP contribution in [0.4, 0.5) is 18.3 Å². The molecule has 0 saturated carbocycles. The highest BCUT2D eigenvalue weighted by molar-refractivity contribution is 7.89. The van der Waals surface area contributed by atoms with Crippen molar-refractivity contribution in [2.45, 2.75) is 24.0 Å². The molecule has 0 aliphatic carbocycles. The van der Waals surface area contributed by atoms with Crippen LogP contribution in [0, 0.1) is 0 Å². The van der Waals surface area contributed by atoms with E-state index < -0.39 is 38.6 Å². The largest absolute Gasteiger partial charge is 0.417 e. The van der Waals surface area contributed by atoms with E-state index in [0.29, 0.717) is 6.07 Å². The summed E-state index contributed by atoms with van der Waals surface area (Å²) in [4.78, 5) is 16.3. The summed E-state index contributed by atoms with van der Waals surface area (Å²) >= 11 is 1.18. The van der Waals surface area contributed by atoms with Crippen molar-refractivity contribution in [2.24, 2.45) is 0 Å². The number of carbonyl (C=O) groups is 1. The Morgan fingerprint density at radius 2 is 1.70 bits per heavy atom. The van der Waals surface area contributed by atoms with Gasteiger partial charge in [-0.25, -0.2) is 13.4 Å². The molecule has 3 aromatic rings. The highest BCUT2D eigenvalue weighted by Gasteiger charge is 2.37. The fourth-order valence-corrected chi connectivity index (χ4v) is 4.82. The number of sulfonamides is 1. The minimum absolute atomic E-state index is 0.237. The molecule has 0 fully saturated rings. The van der Waals surface area contributed by atoms with Crippen LogP contribution in [0.1, 0.15) is 12.5 Å². The van der Waals surface area contributed by atoms with Gasteiger partial charge < -0.3 is 5.32 Å². The van der Waals surface area contributed by atoms with Gasteiger partial charge in [0.05, 0.1) is 21.4 Å². The lowest BCUT2D eigenvalue weighted by Gasteiger charge is -2.16. The topological polar surface area (TPSA) is 88.2 Å². The number of aromatic nitrogens is 1. The van der Waals surface area contributed by atoms with Crippen LogP contribution in [0.25, 0.3) is 10.4 Å². The van der Waals surface area contributed by atoms with Gasteiger partial charge in [-0.15, -0.1) is 0 Å². The first-order valence-corrected chi connectivity index (χ1v) is 10.9. The minimum atomic E-state index is -4.86. The number of carbonyl (C=O) groups excluding carboxylic acids is 1. The van der Waals surface area contributed by atoms with E-state index in [-0.39, 0.29) is 5.13 Å². The SMILES string of the molecule is C[C@H](NS(=O)(=O)c1ccccc1C(F)(F)F)C(=O)Nc1ncc(-c2ccccc2)s1. The first-order chi connectivity index (χ1) is 14.1. The molecule has 0 unspecified atom stereocenters. The molecule has 0 bridgehead atoms. The third-order valence-corrected chi connectivity index (χ3v) is 6.56. The molecule has 6 nitrogen and oxygen atoms in total. The van der Waals surface area contributed by atoms with Gasteiger partial charge in [0.15, 0.2) is 5.13 Å². The molecule has 158 valence electrons. The van der Waals surface area contributed by atoms with E-state index in [4.69, 9.17) is 0 Å². The molecule has 2 N–H and O–H groups in total. The number of nitrogens with one attached hydrogen (secondary N) is 2. The van der Waals surface area contributed by atoms with Gasteiger partial charge in [-0.2, -0.15) is 17.9 Å². The molecule has 0 aliphatic heterocycles. The molecular weight excluding hydrogens is 439 g/mol. The van der Waals surface area contributed by atoms with Crippen LogP contribution in [0.2, 0.25) is 0 Å². The molecule has 30 heavy (non-hydrogen) atoms. The minimum Gasteiger partial charge on any atom is -0.301 e. The Bertz CT molecular complexity index is 1150. The molecule has 3 rings (SSSR count). The maximum atomic E-state index is 13.1. The van der Waals surface area contributed by atoms with E-state index in [1.54, 1.807) is 6.20 Å². The quantitative estimate of drug-likeness (QED) is 0.585. The van der Waals surface area contributed by atoms with Crippen LogP contribution in [0.3, 0.4) is 0 Å². The maximum Gasteiger partial charge on any atom is 0.417 e. The number of halogens is 3. The lowest BCUT2D eigenvalue weighted by molar-refractivity contribution is -0.139. The number of hydrogen-bond donors (Lipinski definition) is 2. The number of nitrogens with zero attached hydrogens (tertiary/aromatic N) is 1. The standard InChI is InChI=1S/C19H16F3N3O3S2/c1-12(25-30(27,28)16-10-6-5-9-14(16)19(20,21)22)17(26)24-18-23-11-15(29-18)13-7-3-2-4-8-13/h2-12,25H,1H3,(H,23,24,26)/t12-/m0/s1. The third kappa shape index (κ3) is 5.04. The average Bonchev–Trinajstić information content (AvgIpc) is 3.16. The molecule has 1 amide bonds. The normalized spacial score (nSPS) is 13.1. The summed E-state index contributed by atoms with van der Waals surface area (Å²) in [6, 6.07) is 11.7. The molecule has 0 radical (unpaired) electrons. The number of hydrogen-bond acceptors (Lipinski definition) is 5. The molecule has 1 atom stereocenters. The third-order valence-electron chi connectivity index (χ3n) is 4.00. The molecule has 1 heterocycles. The van der Waals surface area contributed by atoms with E-state index in [0.717, 1.165) is 22.6 Å². The first kappa shape index (κ1) is 21.9. The Morgan fingerprint density at radius 1 is 1.07 bits per heavy atom. The number of amides is 1. The lowest BCUT2D eigenvalue weighted by Crippen LogP contribution is -2.42. The predicted octanol–water partition coefficient (Wildman–Crippen LogP) is 4.13. The van der Waals surface area contributed by atoms with Crippen LogP contribution in [0.15, 0.2) is 65.7 Å². The summed E-state index contributed by atoms with van der Waals surface area (Å²) in [7, 11) is -4.60. The van der Waals surface area contributed by atoms with Crippen molar-refractivity contribution in [1.82, 2.24) is 9.71 Å². The van der Waals surface area contributed by atoms with Crippen molar-refractivity contribution < 1.29 is 26.4 Å². The second-order valence-electron chi connectivity index (χ2n) is 6.22. The second kappa shape index (κ2) is 8.54. The molecule has 0 saturated heterocycles. The summed E-state index contributed by atoms with van der Waals surface area (Å²) in [5.41, 5.74) is -0.412. The Kier molecular flexibility index (Phi) is 6.25. The van der Waals surface area contributed by atoms with Crippen molar-refractivity contribution in [3.8, 4) is 10.4 Å². The van der Waals surface area contributed by atoms with Crippen molar-refractivity contribution in [3.05, 3.63) is 66.4 Å². The molecule has 0 aliphatic rings. The zero-order valence-corrected chi connectivity index (χ0v) is 17.1. The number of anilines is 1. The van der Waals surface area contributed by atoms with Crippen LogP contribution >= 0.6 is 11.3 Å². The van der Waals surface area contributed by atoms with Crippen molar-refractivity contribution in [3.63, 3.8) is 0 Å². The summed E-state index contributed by atoms with van der Waals surface area (Å²) in [5, 5.41) is 2.71. The molecule has 1 aromatic heterocycles. The van der Waals surface area contributed by atoms with Gasteiger partial charge in [-0.3, -0.25) is 4.79 Å². The van der Waals surface area contributed by atoms with E-state index in [1.807, 2.05) is 35.1 Å². The number of thiazole rings is 1. The van der Waals surface area contributed by atoms with Gasteiger partial charge in [0, 0.05) is 6.20 Å². The summed E-state index contributed by atoms with van der Waals surface area (Å²) in [5.74, 6) is -0.753. The van der Waals surface area contributed by atoms with Gasteiger partial charge in [-0.1, -0.05) is 53.8 Å². The van der Waals surface area contributed by atoms with E-state index in [1.165, 1.54) is 24.3 Å². The Balaban J connectivity index is 1.73. The lowest BCUT2D eigenvalue weighted by atomic mass is 10.2. The van der Waals surface area contributed by atoms with Gasteiger partial charge in [0.1, 0.15) is 0 Å². The highest BCUT2D eigenvalue weighted by atomic mass is 32.2. The van der Waals surface area contributed by atoms with Crippen molar-refractivity contribution >= 4 is 32.4 Å². The molecule has 2 aromatic carbocycles. The Hall–Kier alpha value is -2.76. The molecule has 11 heteroatoms. The van der Waals surface area contributed by atoms with Crippen LogP contribution in [-0.2, 0) is 21.0 Å². The van der Waals surface area contributed by atoms with E-state index in [2.05, 4.69) is 10.3 Å². The molecular formula is C19H16F3N3O3S2. The van der Waals surface area contributed by atoms with Gasteiger partial charge in [0.2, 0.25) is 15.9 Å². The highest BCUT2D eigenvalue weighted by Crippen LogP contribution is 2.34. The summed E-state index contributed by atoms with van der Waals surface area (Å²) in [6.07, 6.45) is -3.30. The van der Waals surface area contributed by atoms with Gasteiger partial charge in [0.25, 0.3) is 0 Å². The van der Waals surface area contributed by atoms with Crippen molar-refractivity contribution in [1.29, 1.82) is 0 Å². The Morgan fingerprint density at radius 3 is 2.37 bits per heavy atom. The number of alkyl halides is 3. The fourth-order valence-electron chi connectivity index (χ4n) is 2.57. The molecule has 0 spiro atoms. The fraction of sp³-hybridized carbons (Fsp3) is 0.158. The van der Waals surface area contributed by atoms with Crippen LogP contribution in [-0.4, -0.2) is 25.4 Å². The van der Waals surface area contributed by atoms with E-state index in [9.17, 15) is 26.4 Å². The number of benzene rings is 2. The van der Waals surface area contributed by atoms with Gasteiger partial charge >= 0.3 is 6.18 Å². The zero-order valence-electron chi connectivity index (χ0n) is 15.5. The monoisotopic (exact) mass is 455 g/mol. The van der Waals surface area contributed by atoms with Crippen LogP contribution in [0.5, 0.6) is 0 Å². The van der Waals surface area contributed by atoms with E-state index >= 15 is 0 Å². The predicted molar refractivity (Wildman–Crippen MR) is 107 cm³/mol. The summed E-state index contributed by atoms with van der Waals surface area (Å²) in [6.45, 7) is 1.23. The average molecular weight is 455 g/mol. The van der Waals surface area contributed by atoms with Crippen molar-refractivity contribution in [2.75, 3.05) is 5.32 Å². The van der Waals surface area contributed by atoms with Gasteiger partial charge in [-0.05, 0) is 24.6 Å². The Labute approximate surface area is 174 Å². The zero-order chi connectivity index (χ0) is 21.9. The maximum absolute atomic E-state index is 13.1. The first-order valence-electron chi connectivity index (χ1n) is 8.58. The summed E-state index contributed by atoms with van der Waals surface area (Å²) < 4.78 is 66.3. The smallest absolute Gasteiger partial charge is 0.301 e. The van der Waals surface area contributed by atoms with Crippen LogP contribution < -0.4 is 10.0 Å². The number of rotatable bonds is 6.